The van der Waals surface area contributed by atoms with Gasteiger partial charge in [0.15, 0.2) is 0 Å². The first-order valence-electron chi connectivity index (χ1n) is 9.97. The van der Waals surface area contributed by atoms with Crippen molar-refractivity contribution in [2.45, 2.75) is 19.4 Å². The average molecular weight is 497 g/mol. The lowest BCUT2D eigenvalue weighted by Crippen LogP contribution is -2.39. The number of carbonyl (C=O) groups excluding carboxylic acids is 1. The van der Waals surface area contributed by atoms with Gasteiger partial charge in [0.05, 0.1) is 22.9 Å². The quantitative estimate of drug-likeness (QED) is 0.382. The molecular weight excluding hydrogens is 478 g/mol. The molecule has 0 N–H and O–H groups in total. The smallest absolute Gasteiger partial charge is 0.254 e. The summed E-state index contributed by atoms with van der Waals surface area (Å²) in [6, 6.07) is 11.3. The van der Waals surface area contributed by atoms with Gasteiger partial charge in [0, 0.05) is 52.2 Å². The van der Waals surface area contributed by atoms with Gasteiger partial charge in [-0.3, -0.25) is 19.4 Å². The minimum atomic E-state index is -0.147. The second-order valence-electron chi connectivity index (χ2n) is 7.65. The van der Waals surface area contributed by atoms with E-state index >= 15 is 0 Å². The molecule has 2 aromatic carbocycles. The third-order valence-electron chi connectivity index (χ3n) is 5.78. The fraction of sp³-hybridized carbons (Fsp3) is 0.217. The van der Waals surface area contributed by atoms with Crippen LogP contribution in [0.1, 0.15) is 34.6 Å². The summed E-state index contributed by atoms with van der Waals surface area (Å²) in [5.74, 6) is -0.0404. The van der Waals surface area contributed by atoms with Crippen LogP contribution in [0.4, 0.5) is 0 Å². The third-order valence-corrected chi connectivity index (χ3v) is 6.61. The molecule has 4 aromatic rings. The van der Waals surface area contributed by atoms with Crippen LogP contribution in [0.2, 0.25) is 5.02 Å². The van der Waals surface area contributed by atoms with E-state index in [2.05, 4.69) is 25.9 Å². The Balaban J connectivity index is 1.51. The lowest BCUT2D eigenvalue weighted by molar-refractivity contribution is 0.0673. The normalized spacial score (nSPS) is 15.9. The molecule has 8 heteroatoms. The fourth-order valence-corrected chi connectivity index (χ4v) is 5.08. The van der Waals surface area contributed by atoms with Crippen molar-refractivity contribution in [2.24, 2.45) is 7.05 Å². The van der Waals surface area contributed by atoms with E-state index in [4.69, 9.17) is 16.7 Å². The van der Waals surface area contributed by atoms with Gasteiger partial charge in [0.25, 0.3) is 5.91 Å². The van der Waals surface area contributed by atoms with E-state index in [1.165, 1.54) is 5.56 Å². The summed E-state index contributed by atoms with van der Waals surface area (Å²) >= 11 is 9.74. The maximum absolute atomic E-state index is 13.4. The Bertz CT molecular complexity index is 1340. The molecule has 0 spiro atoms. The molecule has 5 rings (SSSR count). The Kier molecular flexibility index (Phi) is 5.02. The number of benzene rings is 2. The Labute approximate surface area is 193 Å². The monoisotopic (exact) mass is 495 g/mol. The van der Waals surface area contributed by atoms with Crippen LogP contribution in [0, 0.1) is 0 Å². The molecule has 6 nitrogen and oxygen atoms in total. The molecule has 156 valence electrons. The van der Waals surface area contributed by atoms with E-state index in [1.54, 1.807) is 18.5 Å². The molecule has 3 heterocycles. The summed E-state index contributed by atoms with van der Waals surface area (Å²) < 4.78 is 2.65. The van der Waals surface area contributed by atoms with Crippen molar-refractivity contribution in [1.29, 1.82) is 0 Å². The summed E-state index contributed by atoms with van der Waals surface area (Å²) in [7, 11) is 1.94. The van der Waals surface area contributed by atoms with E-state index in [1.807, 2.05) is 53.9 Å². The van der Waals surface area contributed by atoms with Gasteiger partial charge in [0.1, 0.15) is 5.52 Å². The second kappa shape index (κ2) is 7.73. The topological polar surface area (TPSA) is 63.9 Å². The number of amides is 1. The SMILES string of the molecule is C[C@H]1c2nn(C)c(-c3cccc(Cl)c3)c2CCN1C(=O)c1cc(Br)c2nccnc2c1. The fourth-order valence-electron chi connectivity index (χ4n) is 4.34. The summed E-state index contributed by atoms with van der Waals surface area (Å²) in [6.45, 7) is 2.64. The summed E-state index contributed by atoms with van der Waals surface area (Å²) in [6.07, 6.45) is 4.00. The lowest BCUT2D eigenvalue weighted by atomic mass is 9.95. The first-order chi connectivity index (χ1) is 14.9. The van der Waals surface area contributed by atoms with E-state index in [9.17, 15) is 4.79 Å². The minimum Gasteiger partial charge on any atom is -0.330 e. The number of fused-ring (bicyclic) bond motifs is 2. The maximum atomic E-state index is 13.4. The molecule has 2 aromatic heterocycles. The molecule has 0 saturated carbocycles. The summed E-state index contributed by atoms with van der Waals surface area (Å²) in [5.41, 5.74) is 6.20. The number of carbonyl (C=O) groups is 1. The Morgan fingerprint density at radius 3 is 2.81 bits per heavy atom. The van der Waals surface area contributed by atoms with Crippen molar-refractivity contribution in [3.05, 3.63) is 75.1 Å². The lowest BCUT2D eigenvalue weighted by Gasteiger charge is -2.33. The van der Waals surface area contributed by atoms with Gasteiger partial charge < -0.3 is 4.90 Å². The van der Waals surface area contributed by atoms with Gasteiger partial charge in [-0.1, -0.05) is 23.7 Å². The predicted octanol–water partition coefficient (Wildman–Crippen LogP) is 5.21. The molecule has 1 atom stereocenters. The number of halogens is 2. The number of aromatic nitrogens is 4. The highest BCUT2D eigenvalue weighted by atomic mass is 79.9. The second-order valence-corrected chi connectivity index (χ2v) is 8.94. The molecule has 31 heavy (non-hydrogen) atoms. The number of nitrogens with zero attached hydrogens (tertiary/aromatic N) is 5. The first-order valence-corrected chi connectivity index (χ1v) is 11.1. The van der Waals surface area contributed by atoms with Gasteiger partial charge >= 0.3 is 0 Å². The van der Waals surface area contributed by atoms with Crippen LogP contribution in [0.5, 0.6) is 0 Å². The van der Waals surface area contributed by atoms with Crippen LogP contribution in [0.25, 0.3) is 22.3 Å². The first kappa shape index (κ1) is 20.2. The van der Waals surface area contributed by atoms with Gasteiger partial charge in [-0.05, 0) is 53.5 Å². The number of aryl methyl sites for hydroxylation is 1. The van der Waals surface area contributed by atoms with Gasteiger partial charge in [0.2, 0.25) is 0 Å². The number of rotatable bonds is 2. The molecule has 0 aliphatic carbocycles. The molecule has 1 aliphatic heterocycles. The number of hydrogen-bond donors (Lipinski definition) is 0. The zero-order valence-corrected chi connectivity index (χ0v) is 19.4. The summed E-state index contributed by atoms with van der Waals surface area (Å²) in [5, 5.41) is 5.47. The van der Waals surface area contributed by atoms with Crippen LogP contribution < -0.4 is 0 Å². The van der Waals surface area contributed by atoms with Crippen molar-refractivity contribution in [1.82, 2.24) is 24.6 Å². The third kappa shape index (κ3) is 3.42. The van der Waals surface area contributed by atoms with Crippen molar-refractivity contribution >= 4 is 44.5 Å². The van der Waals surface area contributed by atoms with Crippen LogP contribution in [-0.4, -0.2) is 37.1 Å². The molecule has 0 fully saturated rings. The zero-order chi connectivity index (χ0) is 21.7. The van der Waals surface area contributed by atoms with E-state index in [0.717, 1.165) is 33.4 Å². The Morgan fingerprint density at radius 2 is 2.00 bits per heavy atom. The van der Waals surface area contributed by atoms with E-state index in [-0.39, 0.29) is 11.9 Å². The zero-order valence-electron chi connectivity index (χ0n) is 17.0. The highest BCUT2D eigenvalue weighted by Gasteiger charge is 2.33. The van der Waals surface area contributed by atoms with E-state index in [0.29, 0.717) is 22.6 Å². The molecule has 0 radical (unpaired) electrons. The molecule has 0 saturated heterocycles. The van der Waals surface area contributed by atoms with E-state index < -0.39 is 0 Å². The minimum absolute atomic E-state index is 0.0404. The highest BCUT2D eigenvalue weighted by Crippen LogP contribution is 2.37. The predicted molar refractivity (Wildman–Crippen MR) is 124 cm³/mol. The van der Waals surface area contributed by atoms with Crippen molar-refractivity contribution in [3.63, 3.8) is 0 Å². The van der Waals surface area contributed by atoms with Crippen LogP contribution in [-0.2, 0) is 13.5 Å². The molecule has 1 aliphatic rings. The van der Waals surface area contributed by atoms with Crippen molar-refractivity contribution in [2.75, 3.05) is 6.54 Å². The Morgan fingerprint density at radius 1 is 1.19 bits per heavy atom. The van der Waals surface area contributed by atoms with Gasteiger partial charge in [-0.15, -0.1) is 0 Å². The number of hydrogen-bond acceptors (Lipinski definition) is 4. The standard InChI is InChI=1S/C23H19BrClN5O/c1-13-20-17(22(29(2)28-20)14-4-3-5-16(25)10-14)6-9-30(13)23(31)15-11-18(24)21-19(12-15)26-7-8-27-21/h3-5,7-8,10-13H,6,9H2,1-2H3/t13-/m0/s1. The van der Waals surface area contributed by atoms with Gasteiger partial charge in [-0.25, -0.2) is 0 Å². The van der Waals surface area contributed by atoms with Gasteiger partial charge in [-0.2, -0.15) is 5.10 Å². The maximum Gasteiger partial charge on any atom is 0.254 e. The van der Waals surface area contributed by atoms with Crippen LogP contribution >= 0.6 is 27.5 Å². The molecule has 1 amide bonds. The van der Waals surface area contributed by atoms with Crippen LogP contribution in [0.15, 0.2) is 53.3 Å². The highest BCUT2D eigenvalue weighted by molar-refractivity contribution is 9.10. The Hall–Kier alpha value is -2.77. The van der Waals surface area contributed by atoms with Crippen molar-refractivity contribution in [3.8, 4) is 11.3 Å². The molecule has 0 bridgehead atoms. The largest absolute Gasteiger partial charge is 0.330 e. The van der Waals surface area contributed by atoms with Crippen LogP contribution in [0.3, 0.4) is 0 Å². The molecule has 0 unspecified atom stereocenters. The summed E-state index contributed by atoms with van der Waals surface area (Å²) in [4.78, 5) is 24.0. The average Bonchev–Trinajstić information content (AvgIpc) is 3.10. The van der Waals surface area contributed by atoms with Crippen molar-refractivity contribution < 1.29 is 4.79 Å². The molecular formula is C23H19BrClN5O.